The number of rotatable bonds is 4. The van der Waals surface area contributed by atoms with E-state index in [0.29, 0.717) is 11.6 Å². The Hall–Kier alpha value is -1.85. The molecule has 0 spiro atoms. The Kier molecular flexibility index (Phi) is 4.25. The molecule has 2 N–H and O–H groups in total. The van der Waals surface area contributed by atoms with Gasteiger partial charge in [-0.2, -0.15) is 0 Å². The van der Waals surface area contributed by atoms with Gasteiger partial charge in [0.2, 0.25) is 11.8 Å². The van der Waals surface area contributed by atoms with Crippen LogP contribution in [0.15, 0.2) is 10.6 Å². The van der Waals surface area contributed by atoms with E-state index in [4.69, 9.17) is 4.52 Å². The molecule has 0 unspecified atom stereocenters. The van der Waals surface area contributed by atoms with Crippen LogP contribution in [0.1, 0.15) is 26.5 Å². The van der Waals surface area contributed by atoms with E-state index in [9.17, 15) is 9.59 Å². The molecule has 0 bridgehead atoms. The fraction of sp³-hybridized carbons (Fsp3) is 0.545. The van der Waals surface area contributed by atoms with Crippen LogP contribution < -0.4 is 10.6 Å². The molecule has 6 heteroatoms. The lowest BCUT2D eigenvalue weighted by Crippen LogP contribution is -2.43. The van der Waals surface area contributed by atoms with E-state index in [-0.39, 0.29) is 17.7 Å². The third-order valence-electron chi connectivity index (χ3n) is 2.16. The van der Waals surface area contributed by atoms with E-state index in [0.717, 1.165) is 0 Å². The number of aromatic nitrogens is 1. The van der Waals surface area contributed by atoms with Gasteiger partial charge in [0.25, 0.3) is 0 Å². The first-order valence-corrected chi connectivity index (χ1v) is 5.44. The van der Waals surface area contributed by atoms with Gasteiger partial charge in [-0.25, -0.2) is 0 Å². The van der Waals surface area contributed by atoms with E-state index in [1.807, 2.05) is 0 Å². The highest BCUT2D eigenvalue weighted by Gasteiger charge is 2.18. The van der Waals surface area contributed by atoms with Crippen molar-refractivity contribution in [2.75, 3.05) is 5.32 Å². The van der Waals surface area contributed by atoms with Gasteiger partial charge in [0, 0.05) is 12.0 Å². The largest absolute Gasteiger partial charge is 0.360 e. The predicted molar refractivity (Wildman–Crippen MR) is 62.3 cm³/mol. The summed E-state index contributed by atoms with van der Waals surface area (Å²) in [5.41, 5.74) is 0. The fourth-order valence-electron chi connectivity index (χ4n) is 1.11. The molecule has 2 amide bonds. The van der Waals surface area contributed by atoms with Crippen LogP contribution in [0.25, 0.3) is 0 Å². The number of anilines is 1. The summed E-state index contributed by atoms with van der Waals surface area (Å²) in [5.74, 6) is 0.313. The molecule has 1 rings (SSSR count). The summed E-state index contributed by atoms with van der Waals surface area (Å²) in [7, 11) is 0. The van der Waals surface area contributed by atoms with Crippen molar-refractivity contribution in [1.29, 1.82) is 0 Å². The summed E-state index contributed by atoms with van der Waals surface area (Å²) in [6.07, 6.45) is 0. The molecule has 1 aromatic heterocycles. The maximum atomic E-state index is 11.7. The second-order valence-corrected chi connectivity index (χ2v) is 4.20. The number of carbonyl (C=O) groups is 2. The number of aryl methyl sites for hydroxylation is 1. The van der Waals surface area contributed by atoms with Crippen LogP contribution in [0.5, 0.6) is 0 Å². The Morgan fingerprint density at radius 1 is 1.29 bits per heavy atom. The first-order chi connectivity index (χ1) is 7.90. The maximum Gasteiger partial charge on any atom is 0.247 e. The van der Waals surface area contributed by atoms with Crippen molar-refractivity contribution in [2.45, 2.75) is 33.7 Å². The Bertz CT molecular complexity index is 412. The van der Waals surface area contributed by atoms with Gasteiger partial charge in [-0.3, -0.25) is 9.59 Å². The van der Waals surface area contributed by atoms with Gasteiger partial charge in [-0.05, 0) is 13.8 Å². The van der Waals surface area contributed by atoms with E-state index < -0.39 is 6.04 Å². The average molecular weight is 239 g/mol. The zero-order valence-electron chi connectivity index (χ0n) is 10.4. The fourth-order valence-corrected chi connectivity index (χ4v) is 1.11. The van der Waals surface area contributed by atoms with Gasteiger partial charge >= 0.3 is 0 Å². The molecule has 1 atom stereocenters. The van der Waals surface area contributed by atoms with Gasteiger partial charge in [-0.1, -0.05) is 19.0 Å². The van der Waals surface area contributed by atoms with Gasteiger partial charge < -0.3 is 15.2 Å². The number of nitrogens with zero attached hydrogens (tertiary/aromatic N) is 1. The molecule has 1 heterocycles. The number of nitrogens with one attached hydrogen (secondary N) is 2. The maximum absolute atomic E-state index is 11.7. The number of hydrogen-bond donors (Lipinski definition) is 2. The van der Waals surface area contributed by atoms with Gasteiger partial charge in [0.15, 0.2) is 5.82 Å². The molecular formula is C11H17N3O3. The molecule has 17 heavy (non-hydrogen) atoms. The van der Waals surface area contributed by atoms with E-state index in [1.54, 1.807) is 33.8 Å². The second-order valence-electron chi connectivity index (χ2n) is 4.20. The van der Waals surface area contributed by atoms with E-state index in [1.165, 1.54) is 0 Å². The molecular weight excluding hydrogens is 222 g/mol. The minimum atomic E-state index is -0.609. The van der Waals surface area contributed by atoms with E-state index in [2.05, 4.69) is 15.8 Å². The van der Waals surface area contributed by atoms with Crippen LogP contribution in [0.2, 0.25) is 0 Å². The monoisotopic (exact) mass is 239 g/mol. The third-order valence-corrected chi connectivity index (χ3v) is 2.16. The number of carbonyl (C=O) groups excluding carboxylic acids is 2. The molecule has 0 aliphatic rings. The molecule has 6 nitrogen and oxygen atoms in total. The lowest BCUT2D eigenvalue weighted by atomic mass is 10.2. The molecule has 0 saturated heterocycles. The minimum Gasteiger partial charge on any atom is -0.360 e. The normalized spacial score (nSPS) is 12.3. The molecule has 0 aromatic carbocycles. The van der Waals surface area contributed by atoms with Crippen LogP contribution >= 0.6 is 0 Å². The highest BCUT2D eigenvalue weighted by Crippen LogP contribution is 2.07. The Labute approximate surface area is 99.7 Å². The molecule has 1 aromatic rings. The van der Waals surface area contributed by atoms with Crippen LogP contribution in [0.3, 0.4) is 0 Å². The lowest BCUT2D eigenvalue weighted by Gasteiger charge is -2.14. The SMILES string of the molecule is Cc1cc(NC(=O)[C@@H](C)NC(=O)C(C)C)no1. The average Bonchev–Trinajstić information content (AvgIpc) is 2.63. The van der Waals surface area contributed by atoms with Crippen LogP contribution in [0.4, 0.5) is 5.82 Å². The van der Waals surface area contributed by atoms with Gasteiger partial charge in [-0.15, -0.1) is 0 Å². The summed E-state index contributed by atoms with van der Waals surface area (Å²) < 4.78 is 4.81. The summed E-state index contributed by atoms with van der Waals surface area (Å²) in [4.78, 5) is 23.1. The first-order valence-electron chi connectivity index (χ1n) is 5.44. The molecule has 0 aliphatic carbocycles. The van der Waals surface area contributed by atoms with E-state index >= 15 is 0 Å². The zero-order valence-corrected chi connectivity index (χ0v) is 10.4. The van der Waals surface area contributed by atoms with Crippen molar-refractivity contribution in [1.82, 2.24) is 10.5 Å². The van der Waals surface area contributed by atoms with Crippen molar-refractivity contribution in [3.05, 3.63) is 11.8 Å². The quantitative estimate of drug-likeness (QED) is 0.823. The van der Waals surface area contributed by atoms with Crippen molar-refractivity contribution >= 4 is 17.6 Å². The van der Waals surface area contributed by atoms with Gasteiger partial charge in [0.05, 0.1) is 0 Å². The Balaban J connectivity index is 2.50. The Morgan fingerprint density at radius 2 is 1.94 bits per heavy atom. The molecule has 94 valence electrons. The number of amides is 2. The van der Waals surface area contributed by atoms with Gasteiger partial charge in [0.1, 0.15) is 11.8 Å². The first kappa shape index (κ1) is 13.2. The number of hydrogen-bond acceptors (Lipinski definition) is 4. The highest BCUT2D eigenvalue weighted by atomic mass is 16.5. The summed E-state index contributed by atoms with van der Waals surface area (Å²) in [5, 5.41) is 8.78. The van der Waals surface area contributed by atoms with Crippen molar-refractivity contribution in [2.24, 2.45) is 5.92 Å². The van der Waals surface area contributed by atoms with Crippen LogP contribution in [-0.4, -0.2) is 23.0 Å². The summed E-state index contributed by atoms with van der Waals surface area (Å²) >= 11 is 0. The van der Waals surface area contributed by atoms with Crippen LogP contribution in [0, 0.1) is 12.8 Å². The molecule has 0 radical (unpaired) electrons. The topological polar surface area (TPSA) is 84.2 Å². The van der Waals surface area contributed by atoms with Crippen LogP contribution in [-0.2, 0) is 9.59 Å². The minimum absolute atomic E-state index is 0.153. The predicted octanol–water partition coefficient (Wildman–Crippen LogP) is 1.08. The Morgan fingerprint density at radius 3 is 2.41 bits per heavy atom. The van der Waals surface area contributed by atoms with Crippen molar-refractivity contribution in [3.8, 4) is 0 Å². The standard InChI is InChI=1S/C11H17N3O3/c1-6(2)10(15)12-8(4)11(16)13-9-5-7(3)17-14-9/h5-6,8H,1-4H3,(H,12,15)(H,13,14,16)/t8-/m1/s1. The lowest BCUT2D eigenvalue weighted by molar-refractivity contribution is -0.128. The molecule has 0 saturated carbocycles. The summed E-state index contributed by atoms with van der Waals surface area (Å²) in [6, 6.07) is 0.997. The zero-order chi connectivity index (χ0) is 13.0. The third kappa shape index (κ3) is 3.90. The smallest absolute Gasteiger partial charge is 0.247 e. The molecule has 0 fully saturated rings. The molecule has 0 aliphatic heterocycles. The second kappa shape index (κ2) is 5.47. The van der Waals surface area contributed by atoms with Crippen molar-refractivity contribution in [3.63, 3.8) is 0 Å². The summed E-state index contributed by atoms with van der Waals surface area (Å²) in [6.45, 7) is 6.87. The highest BCUT2D eigenvalue weighted by molar-refractivity contribution is 5.96. The van der Waals surface area contributed by atoms with Crippen molar-refractivity contribution < 1.29 is 14.1 Å².